The zero-order valence-electron chi connectivity index (χ0n) is 16.7. The number of hydrogen-bond acceptors (Lipinski definition) is 5. The normalized spacial score (nSPS) is 18.8. The van der Waals surface area contributed by atoms with E-state index in [1.807, 2.05) is 31.2 Å². The number of alkyl halides is 1. The van der Waals surface area contributed by atoms with Gasteiger partial charge in [0.1, 0.15) is 5.75 Å². The van der Waals surface area contributed by atoms with Crippen LogP contribution in [0.25, 0.3) is 0 Å². The van der Waals surface area contributed by atoms with Crippen molar-refractivity contribution in [3.63, 3.8) is 0 Å². The molecule has 2 aromatic rings. The Bertz CT molecular complexity index is 782. The van der Waals surface area contributed by atoms with E-state index in [0.717, 1.165) is 30.8 Å². The summed E-state index contributed by atoms with van der Waals surface area (Å²) in [6.45, 7) is 4.55. The number of ketones is 1. The molecule has 0 aromatic heterocycles. The smallest absolute Gasteiger partial charge is 0.167 e. The van der Waals surface area contributed by atoms with Crippen LogP contribution in [0.2, 0.25) is 0 Å². The maximum absolute atomic E-state index is 12.6. The summed E-state index contributed by atoms with van der Waals surface area (Å²) in [7, 11) is 0. The van der Waals surface area contributed by atoms with E-state index >= 15 is 0 Å². The Hall–Kier alpha value is -1.92. The van der Waals surface area contributed by atoms with Gasteiger partial charge in [-0.25, -0.2) is 0 Å². The van der Waals surface area contributed by atoms with Crippen molar-refractivity contribution in [1.29, 1.82) is 0 Å². The molecule has 0 aliphatic carbocycles. The topological polar surface area (TPSA) is 67.8 Å². The summed E-state index contributed by atoms with van der Waals surface area (Å²) in [5.41, 5.74) is 2.26. The van der Waals surface area contributed by atoms with Crippen LogP contribution in [0.5, 0.6) is 5.75 Å². The molecule has 6 heteroatoms. The summed E-state index contributed by atoms with van der Waals surface area (Å²) in [6.07, 6.45) is 0.423. The van der Waals surface area contributed by atoms with Gasteiger partial charge in [-0.15, -0.1) is 11.6 Å². The fraction of sp³-hybridized carbons (Fsp3) is 0.435. The first-order chi connectivity index (χ1) is 14.0. The molecular formula is C23H28ClNO4. The molecule has 156 valence electrons. The van der Waals surface area contributed by atoms with Gasteiger partial charge in [-0.3, -0.25) is 4.79 Å². The highest BCUT2D eigenvalue weighted by atomic mass is 35.5. The van der Waals surface area contributed by atoms with Gasteiger partial charge in [-0.2, -0.15) is 0 Å². The number of aliphatic hydroxyl groups is 1. The van der Waals surface area contributed by atoms with Crippen molar-refractivity contribution in [3.05, 3.63) is 65.2 Å². The molecule has 0 saturated carbocycles. The summed E-state index contributed by atoms with van der Waals surface area (Å²) < 4.78 is 11.5. The molecule has 1 aliphatic rings. The first-order valence-electron chi connectivity index (χ1n) is 9.87. The minimum Gasteiger partial charge on any atom is -0.493 e. The van der Waals surface area contributed by atoms with Crippen molar-refractivity contribution < 1.29 is 19.4 Å². The largest absolute Gasteiger partial charge is 0.493 e. The third-order valence-corrected chi connectivity index (χ3v) is 5.76. The molecule has 5 nitrogen and oxygen atoms in total. The standard InChI is InChI=1S/C23H28ClNO4/c1-23(14-24,15-26)16-29-20-8-6-18(7-9-20)21(27)12-17-2-4-19(5-3-17)22-13-25-10-11-28-22/h2-9,22,25-26H,10-16H2,1H3. The molecule has 0 radical (unpaired) electrons. The Morgan fingerprint density at radius 2 is 1.97 bits per heavy atom. The summed E-state index contributed by atoms with van der Waals surface area (Å²) >= 11 is 5.88. The Kier molecular flexibility index (Phi) is 7.67. The number of halogens is 1. The van der Waals surface area contributed by atoms with Crippen molar-refractivity contribution >= 4 is 17.4 Å². The van der Waals surface area contributed by atoms with Crippen LogP contribution in [0.4, 0.5) is 0 Å². The Morgan fingerprint density at radius 3 is 2.55 bits per heavy atom. The summed E-state index contributed by atoms with van der Waals surface area (Å²) in [5, 5.41) is 12.7. The van der Waals surface area contributed by atoms with Gasteiger partial charge in [0.15, 0.2) is 5.78 Å². The van der Waals surface area contributed by atoms with Crippen LogP contribution < -0.4 is 10.1 Å². The van der Waals surface area contributed by atoms with E-state index in [0.29, 0.717) is 30.2 Å². The number of aliphatic hydroxyl groups excluding tert-OH is 1. The van der Waals surface area contributed by atoms with Gasteiger partial charge >= 0.3 is 0 Å². The quantitative estimate of drug-likeness (QED) is 0.483. The highest BCUT2D eigenvalue weighted by Crippen LogP contribution is 2.22. The predicted octanol–water partition coefficient (Wildman–Crippen LogP) is 3.39. The number of hydrogen-bond donors (Lipinski definition) is 2. The zero-order chi connectivity index (χ0) is 20.7. The van der Waals surface area contributed by atoms with E-state index in [1.54, 1.807) is 24.3 Å². The second-order valence-corrected chi connectivity index (χ2v) is 8.09. The van der Waals surface area contributed by atoms with Crippen molar-refractivity contribution in [1.82, 2.24) is 5.32 Å². The highest BCUT2D eigenvalue weighted by Gasteiger charge is 2.23. The summed E-state index contributed by atoms with van der Waals surface area (Å²) in [6, 6.07) is 15.1. The SMILES string of the molecule is CC(CO)(CCl)COc1ccc(C(=O)Cc2ccc(C3CNCCO3)cc2)cc1. The highest BCUT2D eigenvalue weighted by molar-refractivity contribution is 6.18. The fourth-order valence-corrected chi connectivity index (χ4v) is 3.20. The molecule has 2 atom stereocenters. The maximum atomic E-state index is 12.6. The number of carbonyl (C=O) groups excluding carboxylic acids is 1. The first kappa shape index (κ1) is 21.8. The van der Waals surface area contributed by atoms with Crippen molar-refractivity contribution in [2.75, 3.05) is 38.8 Å². The third-order valence-electron chi connectivity index (χ3n) is 5.11. The Balaban J connectivity index is 1.55. The lowest BCUT2D eigenvalue weighted by Crippen LogP contribution is -2.33. The van der Waals surface area contributed by atoms with Crippen molar-refractivity contribution in [2.45, 2.75) is 19.4 Å². The molecule has 2 N–H and O–H groups in total. The van der Waals surface area contributed by atoms with E-state index in [2.05, 4.69) is 5.32 Å². The lowest BCUT2D eigenvalue weighted by atomic mass is 9.96. The molecule has 29 heavy (non-hydrogen) atoms. The van der Waals surface area contributed by atoms with Crippen LogP contribution in [0, 0.1) is 5.41 Å². The average molecular weight is 418 g/mol. The maximum Gasteiger partial charge on any atom is 0.167 e. The molecule has 0 bridgehead atoms. The molecule has 1 heterocycles. The molecule has 2 aromatic carbocycles. The van der Waals surface area contributed by atoms with Gasteiger partial charge in [-0.1, -0.05) is 31.2 Å². The van der Waals surface area contributed by atoms with Gasteiger partial charge in [-0.05, 0) is 35.4 Å². The van der Waals surface area contributed by atoms with E-state index in [4.69, 9.17) is 21.1 Å². The lowest BCUT2D eigenvalue weighted by molar-refractivity contribution is 0.0277. The van der Waals surface area contributed by atoms with Crippen LogP contribution in [0.1, 0.15) is 34.5 Å². The predicted molar refractivity (Wildman–Crippen MR) is 114 cm³/mol. The number of carbonyl (C=O) groups is 1. The summed E-state index contributed by atoms with van der Waals surface area (Å²) in [4.78, 5) is 12.6. The second-order valence-electron chi connectivity index (χ2n) is 7.82. The van der Waals surface area contributed by atoms with Crippen LogP contribution in [-0.4, -0.2) is 49.7 Å². The number of benzene rings is 2. The number of ether oxygens (including phenoxy) is 2. The Morgan fingerprint density at radius 1 is 1.24 bits per heavy atom. The number of rotatable bonds is 9. The number of morpholine rings is 1. The van der Waals surface area contributed by atoms with Crippen LogP contribution in [-0.2, 0) is 11.2 Å². The average Bonchev–Trinajstić information content (AvgIpc) is 2.79. The molecule has 2 unspecified atom stereocenters. The molecule has 1 fully saturated rings. The van der Waals surface area contributed by atoms with Gasteiger partial charge in [0.05, 0.1) is 25.9 Å². The van der Waals surface area contributed by atoms with E-state index in [1.165, 1.54) is 0 Å². The summed E-state index contributed by atoms with van der Waals surface area (Å²) in [5.74, 6) is 1.01. The number of Topliss-reactive ketones (excluding diaryl/α,β-unsaturated/α-hetero) is 1. The number of nitrogens with one attached hydrogen (secondary N) is 1. The van der Waals surface area contributed by atoms with Crippen LogP contribution in [0.3, 0.4) is 0 Å². The fourth-order valence-electron chi connectivity index (χ4n) is 3.04. The lowest BCUT2D eigenvalue weighted by Gasteiger charge is -2.24. The molecular weight excluding hydrogens is 390 g/mol. The minimum absolute atomic E-state index is 0.0464. The van der Waals surface area contributed by atoms with Gasteiger partial charge in [0.25, 0.3) is 0 Å². The van der Waals surface area contributed by atoms with Crippen LogP contribution >= 0.6 is 11.6 Å². The monoisotopic (exact) mass is 417 g/mol. The zero-order valence-corrected chi connectivity index (χ0v) is 17.5. The van der Waals surface area contributed by atoms with E-state index in [-0.39, 0.29) is 18.5 Å². The second kappa shape index (κ2) is 10.2. The van der Waals surface area contributed by atoms with Crippen molar-refractivity contribution in [2.24, 2.45) is 5.41 Å². The third kappa shape index (κ3) is 6.03. The molecule has 0 amide bonds. The van der Waals surface area contributed by atoms with Gasteiger partial charge < -0.3 is 19.9 Å². The van der Waals surface area contributed by atoms with E-state index in [9.17, 15) is 9.90 Å². The molecule has 0 spiro atoms. The molecule has 1 saturated heterocycles. The van der Waals surface area contributed by atoms with E-state index < -0.39 is 5.41 Å². The Labute approximate surface area is 177 Å². The van der Waals surface area contributed by atoms with Gasteiger partial charge in [0.2, 0.25) is 0 Å². The molecule has 3 rings (SSSR count). The first-order valence-corrected chi connectivity index (χ1v) is 10.4. The van der Waals surface area contributed by atoms with Gasteiger partial charge in [0, 0.05) is 36.4 Å². The minimum atomic E-state index is -0.485. The van der Waals surface area contributed by atoms with Crippen molar-refractivity contribution in [3.8, 4) is 5.75 Å². The molecule has 1 aliphatic heterocycles. The van der Waals surface area contributed by atoms with Crippen LogP contribution in [0.15, 0.2) is 48.5 Å².